The van der Waals surface area contributed by atoms with Crippen molar-refractivity contribution < 1.29 is 19.0 Å². The molecule has 0 aromatic heterocycles. The summed E-state index contributed by atoms with van der Waals surface area (Å²) in [7, 11) is 4.98. The predicted octanol–water partition coefficient (Wildman–Crippen LogP) is 4.09. The molecule has 0 radical (unpaired) electrons. The highest BCUT2D eigenvalue weighted by Gasteiger charge is 2.14. The Morgan fingerprint density at radius 1 is 1.08 bits per heavy atom. The summed E-state index contributed by atoms with van der Waals surface area (Å²) in [6.45, 7) is 2.79. The highest BCUT2D eigenvalue weighted by Crippen LogP contribution is 2.30. The van der Waals surface area contributed by atoms with E-state index in [1.54, 1.807) is 50.4 Å². The van der Waals surface area contributed by atoms with Gasteiger partial charge >= 0.3 is 0 Å². The molecule has 0 atom stereocenters. The van der Waals surface area contributed by atoms with Crippen LogP contribution in [0.1, 0.15) is 17.5 Å². The van der Waals surface area contributed by atoms with Crippen LogP contribution in [0.25, 0.3) is 0 Å². The first-order chi connectivity index (χ1) is 12.4. The number of nitrogens with zero attached hydrogens (tertiary/aromatic N) is 1. The van der Waals surface area contributed by atoms with E-state index in [4.69, 9.17) is 25.8 Å². The van der Waals surface area contributed by atoms with Gasteiger partial charge in [0.2, 0.25) is 5.91 Å². The van der Waals surface area contributed by atoms with Crippen LogP contribution in [-0.2, 0) is 11.3 Å². The average Bonchev–Trinajstić information content (AvgIpc) is 2.64. The van der Waals surface area contributed by atoms with E-state index in [0.29, 0.717) is 41.8 Å². The first kappa shape index (κ1) is 19.9. The van der Waals surface area contributed by atoms with Crippen LogP contribution >= 0.6 is 11.6 Å². The van der Waals surface area contributed by atoms with E-state index >= 15 is 0 Å². The van der Waals surface area contributed by atoms with Crippen LogP contribution in [0.4, 0.5) is 0 Å². The molecule has 0 unspecified atom stereocenters. The van der Waals surface area contributed by atoms with Gasteiger partial charge in [0.15, 0.2) is 11.5 Å². The summed E-state index contributed by atoms with van der Waals surface area (Å²) in [4.78, 5) is 14.0. The summed E-state index contributed by atoms with van der Waals surface area (Å²) in [6.07, 6.45) is 0.297. The maximum absolute atomic E-state index is 12.3. The Balaban J connectivity index is 1.91. The molecular weight excluding hydrogens is 354 g/mol. The minimum absolute atomic E-state index is 0.00754. The third-order valence-corrected chi connectivity index (χ3v) is 4.33. The molecule has 5 nitrogen and oxygen atoms in total. The molecule has 0 spiro atoms. The number of rotatable bonds is 8. The standard InChI is InChI=1S/C20H24ClNO4/c1-14-11-18(24-3)19(25-4)12-15(14)13-22(2)20(23)9-10-26-17-7-5-16(21)6-8-17/h5-8,11-12H,9-10,13H2,1-4H3. The summed E-state index contributed by atoms with van der Waals surface area (Å²) >= 11 is 5.83. The van der Waals surface area contributed by atoms with Crippen LogP contribution in [0, 0.1) is 6.92 Å². The summed E-state index contributed by atoms with van der Waals surface area (Å²) in [5, 5.41) is 0.651. The van der Waals surface area contributed by atoms with Gasteiger partial charge in [0.05, 0.1) is 27.2 Å². The van der Waals surface area contributed by atoms with E-state index in [2.05, 4.69) is 0 Å². The molecule has 140 valence electrons. The molecule has 0 bridgehead atoms. The second-order valence-electron chi connectivity index (χ2n) is 5.94. The SMILES string of the molecule is COc1cc(C)c(CN(C)C(=O)CCOc2ccc(Cl)cc2)cc1OC. The van der Waals surface area contributed by atoms with Crippen molar-refractivity contribution in [2.75, 3.05) is 27.9 Å². The van der Waals surface area contributed by atoms with Gasteiger partial charge in [0.1, 0.15) is 5.75 Å². The molecule has 0 aliphatic heterocycles. The lowest BCUT2D eigenvalue weighted by Crippen LogP contribution is -2.27. The van der Waals surface area contributed by atoms with Crippen molar-refractivity contribution in [1.82, 2.24) is 4.90 Å². The molecule has 0 saturated carbocycles. The van der Waals surface area contributed by atoms with Crippen LogP contribution in [0.5, 0.6) is 17.2 Å². The number of carbonyl (C=O) groups excluding carboxylic acids is 1. The van der Waals surface area contributed by atoms with E-state index in [0.717, 1.165) is 11.1 Å². The fourth-order valence-corrected chi connectivity index (χ4v) is 2.64. The van der Waals surface area contributed by atoms with Gasteiger partial charge < -0.3 is 19.1 Å². The summed E-state index contributed by atoms with van der Waals surface area (Å²) in [5.74, 6) is 2.04. The summed E-state index contributed by atoms with van der Waals surface area (Å²) < 4.78 is 16.2. The third-order valence-electron chi connectivity index (χ3n) is 4.07. The van der Waals surface area contributed by atoms with E-state index < -0.39 is 0 Å². The van der Waals surface area contributed by atoms with Crippen LogP contribution in [0.3, 0.4) is 0 Å². The highest BCUT2D eigenvalue weighted by molar-refractivity contribution is 6.30. The van der Waals surface area contributed by atoms with Crippen molar-refractivity contribution in [3.63, 3.8) is 0 Å². The molecule has 0 aliphatic rings. The molecule has 2 rings (SSSR count). The molecule has 2 aromatic rings. The third kappa shape index (κ3) is 5.30. The Morgan fingerprint density at radius 3 is 2.31 bits per heavy atom. The first-order valence-corrected chi connectivity index (χ1v) is 8.66. The van der Waals surface area contributed by atoms with Gasteiger partial charge in [-0.1, -0.05) is 11.6 Å². The van der Waals surface area contributed by atoms with E-state index in [1.165, 1.54) is 0 Å². The van der Waals surface area contributed by atoms with Gasteiger partial charge in [0, 0.05) is 18.6 Å². The molecule has 0 N–H and O–H groups in total. The van der Waals surface area contributed by atoms with E-state index in [9.17, 15) is 4.79 Å². The molecule has 0 heterocycles. The second kappa shape index (κ2) is 9.34. The van der Waals surface area contributed by atoms with Crippen molar-refractivity contribution in [2.24, 2.45) is 0 Å². The Morgan fingerprint density at radius 2 is 1.69 bits per heavy atom. The minimum atomic E-state index is 0.00754. The lowest BCUT2D eigenvalue weighted by molar-refractivity contribution is -0.130. The van der Waals surface area contributed by atoms with Gasteiger partial charge in [0.25, 0.3) is 0 Å². The summed E-state index contributed by atoms with van der Waals surface area (Å²) in [6, 6.07) is 10.9. The molecule has 0 saturated heterocycles. The number of halogens is 1. The number of amides is 1. The first-order valence-electron chi connectivity index (χ1n) is 8.28. The number of ether oxygens (including phenoxy) is 3. The number of aryl methyl sites for hydroxylation is 1. The molecule has 26 heavy (non-hydrogen) atoms. The van der Waals surface area contributed by atoms with Gasteiger partial charge in [-0.2, -0.15) is 0 Å². The minimum Gasteiger partial charge on any atom is -0.493 e. The van der Waals surface area contributed by atoms with Crippen molar-refractivity contribution in [3.05, 3.63) is 52.5 Å². The predicted molar refractivity (Wildman–Crippen MR) is 102 cm³/mol. The van der Waals surface area contributed by atoms with Gasteiger partial charge in [-0.15, -0.1) is 0 Å². The quantitative estimate of drug-likeness (QED) is 0.695. The fraction of sp³-hybridized carbons (Fsp3) is 0.350. The van der Waals surface area contributed by atoms with E-state index in [-0.39, 0.29) is 5.91 Å². The number of hydrogen-bond acceptors (Lipinski definition) is 4. The topological polar surface area (TPSA) is 48.0 Å². The van der Waals surface area contributed by atoms with Crippen LogP contribution in [0.2, 0.25) is 5.02 Å². The Labute approximate surface area is 159 Å². The zero-order chi connectivity index (χ0) is 19.1. The number of benzene rings is 2. The van der Waals surface area contributed by atoms with Gasteiger partial charge in [-0.3, -0.25) is 4.79 Å². The second-order valence-corrected chi connectivity index (χ2v) is 6.37. The summed E-state index contributed by atoms with van der Waals surface area (Å²) in [5.41, 5.74) is 2.05. The number of carbonyl (C=O) groups is 1. The smallest absolute Gasteiger partial charge is 0.226 e. The molecule has 0 fully saturated rings. The van der Waals surface area contributed by atoms with Crippen molar-refractivity contribution in [2.45, 2.75) is 19.9 Å². The number of hydrogen-bond donors (Lipinski definition) is 0. The zero-order valence-corrected chi connectivity index (χ0v) is 16.3. The molecule has 0 aliphatic carbocycles. The maximum atomic E-state index is 12.3. The largest absolute Gasteiger partial charge is 0.493 e. The maximum Gasteiger partial charge on any atom is 0.226 e. The highest BCUT2D eigenvalue weighted by atomic mass is 35.5. The van der Waals surface area contributed by atoms with Crippen molar-refractivity contribution >= 4 is 17.5 Å². The zero-order valence-electron chi connectivity index (χ0n) is 15.5. The van der Waals surface area contributed by atoms with Gasteiger partial charge in [-0.05, 0) is 54.4 Å². The number of methoxy groups -OCH3 is 2. The lowest BCUT2D eigenvalue weighted by atomic mass is 10.1. The molecule has 2 aromatic carbocycles. The van der Waals surface area contributed by atoms with Crippen LogP contribution in [-0.4, -0.2) is 38.7 Å². The Hall–Kier alpha value is -2.40. The average molecular weight is 378 g/mol. The van der Waals surface area contributed by atoms with Crippen LogP contribution in [0.15, 0.2) is 36.4 Å². The molecule has 1 amide bonds. The lowest BCUT2D eigenvalue weighted by Gasteiger charge is -2.20. The van der Waals surface area contributed by atoms with Crippen molar-refractivity contribution in [1.29, 1.82) is 0 Å². The van der Waals surface area contributed by atoms with Gasteiger partial charge in [-0.25, -0.2) is 0 Å². The molecule has 6 heteroatoms. The Bertz CT molecular complexity index is 746. The monoisotopic (exact) mass is 377 g/mol. The fourth-order valence-electron chi connectivity index (χ4n) is 2.51. The Kier molecular flexibility index (Phi) is 7.16. The molecular formula is C20H24ClNO4. The normalized spacial score (nSPS) is 10.3. The van der Waals surface area contributed by atoms with Crippen molar-refractivity contribution in [3.8, 4) is 17.2 Å². The van der Waals surface area contributed by atoms with E-state index in [1.807, 2.05) is 19.1 Å². The van der Waals surface area contributed by atoms with Crippen LogP contribution < -0.4 is 14.2 Å².